The standard InChI is InChI=1S/C15H18N4O3/c1-4-18-9-13(19(21)22)14(17-18)15(20)16-11(3)12-7-5-10(2)6-8-12/h5-9,11H,4H2,1-3H3,(H,16,20)/t11-/m1/s1. The van der Waals surface area contributed by atoms with Gasteiger partial charge in [-0.1, -0.05) is 29.8 Å². The maximum Gasteiger partial charge on any atom is 0.320 e. The lowest BCUT2D eigenvalue weighted by Crippen LogP contribution is -2.27. The molecule has 0 fully saturated rings. The number of rotatable bonds is 5. The van der Waals surface area contributed by atoms with Crippen LogP contribution in [0.25, 0.3) is 0 Å². The number of hydrogen-bond donors (Lipinski definition) is 1. The third-order valence-corrected chi connectivity index (χ3v) is 3.40. The largest absolute Gasteiger partial charge is 0.344 e. The molecule has 0 bridgehead atoms. The molecule has 1 amide bonds. The maximum atomic E-state index is 12.3. The molecule has 1 aromatic heterocycles. The summed E-state index contributed by atoms with van der Waals surface area (Å²) >= 11 is 0. The molecule has 116 valence electrons. The molecule has 0 saturated carbocycles. The highest BCUT2D eigenvalue weighted by molar-refractivity contribution is 5.96. The number of carbonyl (C=O) groups is 1. The molecular formula is C15H18N4O3. The van der Waals surface area contributed by atoms with E-state index in [9.17, 15) is 14.9 Å². The SMILES string of the molecule is CCn1cc([N+](=O)[O-])c(C(=O)N[C@H](C)c2ccc(C)cc2)n1. The number of nitrogens with zero attached hydrogens (tertiary/aromatic N) is 3. The van der Waals surface area contributed by atoms with Crippen LogP contribution in [0, 0.1) is 17.0 Å². The number of amides is 1. The van der Waals surface area contributed by atoms with Crippen molar-refractivity contribution in [1.29, 1.82) is 0 Å². The summed E-state index contributed by atoms with van der Waals surface area (Å²) in [5.74, 6) is -0.549. The Bertz CT molecular complexity index is 691. The van der Waals surface area contributed by atoms with E-state index in [0.29, 0.717) is 6.54 Å². The predicted octanol–water partition coefficient (Wildman–Crippen LogP) is 2.61. The first kappa shape index (κ1) is 15.7. The summed E-state index contributed by atoms with van der Waals surface area (Å²) < 4.78 is 1.38. The summed E-state index contributed by atoms with van der Waals surface area (Å²) in [4.78, 5) is 22.7. The molecule has 2 rings (SSSR count). The van der Waals surface area contributed by atoms with Gasteiger partial charge >= 0.3 is 5.69 Å². The molecule has 0 saturated heterocycles. The number of carbonyl (C=O) groups excluding carboxylic acids is 1. The van der Waals surface area contributed by atoms with Crippen LogP contribution in [0.5, 0.6) is 0 Å². The molecule has 1 N–H and O–H groups in total. The van der Waals surface area contributed by atoms with Gasteiger partial charge < -0.3 is 5.32 Å². The van der Waals surface area contributed by atoms with Gasteiger partial charge in [-0.2, -0.15) is 5.10 Å². The summed E-state index contributed by atoms with van der Waals surface area (Å²) in [5.41, 5.74) is 1.61. The van der Waals surface area contributed by atoms with Crippen molar-refractivity contribution >= 4 is 11.6 Å². The zero-order valence-corrected chi connectivity index (χ0v) is 12.7. The highest BCUT2D eigenvalue weighted by atomic mass is 16.6. The highest BCUT2D eigenvalue weighted by Crippen LogP contribution is 2.19. The molecule has 0 aliphatic rings. The molecule has 0 radical (unpaired) electrons. The van der Waals surface area contributed by atoms with Crippen LogP contribution < -0.4 is 5.32 Å². The minimum absolute atomic E-state index is 0.161. The van der Waals surface area contributed by atoms with Crippen LogP contribution in [-0.2, 0) is 6.54 Å². The van der Waals surface area contributed by atoms with Crippen LogP contribution in [0.1, 0.15) is 41.5 Å². The van der Waals surface area contributed by atoms with Gasteiger partial charge in [0.05, 0.1) is 11.0 Å². The van der Waals surface area contributed by atoms with Crippen molar-refractivity contribution in [1.82, 2.24) is 15.1 Å². The van der Waals surface area contributed by atoms with Gasteiger partial charge in [-0.15, -0.1) is 0 Å². The fourth-order valence-electron chi connectivity index (χ4n) is 2.07. The molecule has 0 spiro atoms. The molecule has 7 heteroatoms. The van der Waals surface area contributed by atoms with E-state index >= 15 is 0 Å². The Morgan fingerprint density at radius 1 is 1.41 bits per heavy atom. The van der Waals surface area contributed by atoms with Crippen molar-refractivity contribution < 1.29 is 9.72 Å². The normalized spacial score (nSPS) is 12.0. The smallest absolute Gasteiger partial charge is 0.320 e. The second-order valence-corrected chi connectivity index (χ2v) is 5.08. The minimum Gasteiger partial charge on any atom is -0.344 e. The second-order valence-electron chi connectivity index (χ2n) is 5.08. The van der Waals surface area contributed by atoms with E-state index in [0.717, 1.165) is 11.1 Å². The summed E-state index contributed by atoms with van der Waals surface area (Å²) in [7, 11) is 0. The fraction of sp³-hybridized carbons (Fsp3) is 0.333. The van der Waals surface area contributed by atoms with Gasteiger partial charge in [0.15, 0.2) is 0 Å². The van der Waals surface area contributed by atoms with E-state index in [4.69, 9.17) is 0 Å². The second kappa shape index (κ2) is 6.38. The molecule has 1 aromatic carbocycles. The van der Waals surface area contributed by atoms with Gasteiger partial charge in [0, 0.05) is 6.54 Å². The van der Waals surface area contributed by atoms with Crippen molar-refractivity contribution in [2.75, 3.05) is 0 Å². The highest BCUT2D eigenvalue weighted by Gasteiger charge is 2.26. The molecular weight excluding hydrogens is 284 g/mol. The monoisotopic (exact) mass is 302 g/mol. The summed E-state index contributed by atoms with van der Waals surface area (Å²) in [6.07, 6.45) is 1.27. The van der Waals surface area contributed by atoms with Crippen molar-refractivity contribution in [2.45, 2.75) is 33.4 Å². The van der Waals surface area contributed by atoms with Crippen molar-refractivity contribution in [3.8, 4) is 0 Å². The third kappa shape index (κ3) is 3.30. The molecule has 2 aromatic rings. The van der Waals surface area contributed by atoms with Crippen LogP contribution in [0.3, 0.4) is 0 Å². The molecule has 0 unspecified atom stereocenters. The Morgan fingerprint density at radius 2 is 2.05 bits per heavy atom. The average Bonchev–Trinajstić information content (AvgIpc) is 2.92. The van der Waals surface area contributed by atoms with Crippen LogP contribution in [0.4, 0.5) is 5.69 Å². The van der Waals surface area contributed by atoms with Crippen LogP contribution in [0.2, 0.25) is 0 Å². The lowest BCUT2D eigenvalue weighted by atomic mass is 10.1. The number of aryl methyl sites for hydroxylation is 2. The van der Waals surface area contributed by atoms with Crippen LogP contribution in [0.15, 0.2) is 30.5 Å². The lowest BCUT2D eigenvalue weighted by Gasteiger charge is -2.13. The van der Waals surface area contributed by atoms with Gasteiger partial charge in [-0.25, -0.2) is 0 Å². The van der Waals surface area contributed by atoms with Gasteiger partial charge in [-0.3, -0.25) is 19.6 Å². The van der Waals surface area contributed by atoms with Crippen LogP contribution in [-0.4, -0.2) is 20.6 Å². The Hall–Kier alpha value is -2.70. The first-order chi connectivity index (χ1) is 10.4. The van der Waals surface area contributed by atoms with E-state index in [1.165, 1.54) is 10.9 Å². The van der Waals surface area contributed by atoms with Gasteiger partial charge in [0.25, 0.3) is 5.91 Å². The maximum absolute atomic E-state index is 12.3. The Morgan fingerprint density at radius 3 is 2.59 bits per heavy atom. The summed E-state index contributed by atoms with van der Waals surface area (Å²) in [6.45, 7) is 6.06. The lowest BCUT2D eigenvalue weighted by molar-refractivity contribution is -0.385. The van der Waals surface area contributed by atoms with Gasteiger partial charge in [-0.05, 0) is 26.3 Å². The molecule has 1 atom stereocenters. The van der Waals surface area contributed by atoms with Crippen LogP contribution >= 0.6 is 0 Å². The summed E-state index contributed by atoms with van der Waals surface area (Å²) in [5, 5.41) is 17.7. The van der Waals surface area contributed by atoms with E-state index < -0.39 is 10.8 Å². The Balaban J connectivity index is 2.20. The van der Waals surface area contributed by atoms with Gasteiger partial charge in [0.2, 0.25) is 5.69 Å². The number of benzene rings is 1. The fourth-order valence-corrected chi connectivity index (χ4v) is 2.07. The molecule has 22 heavy (non-hydrogen) atoms. The zero-order valence-electron chi connectivity index (χ0n) is 12.7. The Kier molecular flexibility index (Phi) is 4.55. The van der Waals surface area contributed by atoms with E-state index in [-0.39, 0.29) is 17.4 Å². The third-order valence-electron chi connectivity index (χ3n) is 3.40. The molecule has 1 heterocycles. The van der Waals surface area contributed by atoms with E-state index in [2.05, 4.69) is 10.4 Å². The molecule has 7 nitrogen and oxygen atoms in total. The quantitative estimate of drug-likeness (QED) is 0.679. The topological polar surface area (TPSA) is 90.1 Å². The Labute approximate surface area is 128 Å². The van der Waals surface area contributed by atoms with E-state index in [1.54, 1.807) is 6.92 Å². The first-order valence-corrected chi connectivity index (χ1v) is 7.01. The zero-order chi connectivity index (χ0) is 16.3. The van der Waals surface area contributed by atoms with Crippen molar-refractivity contribution in [3.05, 3.63) is 57.4 Å². The van der Waals surface area contributed by atoms with Gasteiger partial charge in [0.1, 0.15) is 6.20 Å². The molecule has 0 aliphatic heterocycles. The number of nitrogens with one attached hydrogen (secondary N) is 1. The number of aromatic nitrogens is 2. The van der Waals surface area contributed by atoms with E-state index in [1.807, 2.05) is 38.1 Å². The number of hydrogen-bond acceptors (Lipinski definition) is 4. The average molecular weight is 302 g/mol. The minimum atomic E-state index is -0.593. The predicted molar refractivity (Wildman–Crippen MR) is 81.6 cm³/mol. The first-order valence-electron chi connectivity index (χ1n) is 7.01. The molecule has 0 aliphatic carbocycles. The number of nitro groups is 1. The van der Waals surface area contributed by atoms with Crippen molar-refractivity contribution in [3.63, 3.8) is 0 Å². The summed E-state index contributed by atoms with van der Waals surface area (Å²) in [6, 6.07) is 7.47. The van der Waals surface area contributed by atoms with Crippen molar-refractivity contribution in [2.24, 2.45) is 0 Å².